The van der Waals surface area contributed by atoms with E-state index < -0.39 is 0 Å². The van der Waals surface area contributed by atoms with Crippen molar-refractivity contribution in [2.24, 2.45) is 0 Å². The minimum atomic E-state index is -0.0391. The molecule has 0 spiro atoms. The van der Waals surface area contributed by atoms with Gasteiger partial charge in [-0.1, -0.05) is 60.7 Å². The quantitative estimate of drug-likeness (QED) is 0.682. The van der Waals surface area contributed by atoms with Crippen LogP contribution in [-0.2, 0) is 4.74 Å². The number of morpholine rings is 1. The van der Waals surface area contributed by atoms with Crippen LogP contribution in [-0.4, -0.2) is 32.2 Å². The second kappa shape index (κ2) is 8.59. The van der Waals surface area contributed by atoms with Crippen LogP contribution >= 0.6 is 11.3 Å². The third-order valence-electron chi connectivity index (χ3n) is 4.97. The van der Waals surface area contributed by atoms with E-state index in [0.29, 0.717) is 0 Å². The van der Waals surface area contributed by atoms with E-state index in [1.807, 2.05) is 61.5 Å². The van der Waals surface area contributed by atoms with E-state index in [9.17, 15) is 4.79 Å². The van der Waals surface area contributed by atoms with Crippen LogP contribution in [0.1, 0.15) is 28.2 Å². The highest BCUT2D eigenvalue weighted by molar-refractivity contribution is 7.18. The topological polar surface area (TPSA) is 41.6 Å². The highest BCUT2D eigenvalue weighted by Crippen LogP contribution is 2.39. The molecule has 1 saturated heterocycles. The molecule has 4 nitrogen and oxygen atoms in total. The number of thiophene rings is 1. The molecule has 1 aliphatic heterocycles. The van der Waals surface area contributed by atoms with Crippen molar-refractivity contribution < 1.29 is 9.53 Å². The van der Waals surface area contributed by atoms with E-state index in [1.54, 1.807) is 11.3 Å². The van der Waals surface area contributed by atoms with Crippen LogP contribution < -0.4 is 10.2 Å². The zero-order chi connectivity index (χ0) is 19.3. The van der Waals surface area contributed by atoms with Crippen LogP contribution in [0.2, 0.25) is 0 Å². The van der Waals surface area contributed by atoms with E-state index in [-0.39, 0.29) is 11.9 Å². The van der Waals surface area contributed by atoms with Crippen LogP contribution in [0.3, 0.4) is 0 Å². The molecule has 3 aromatic rings. The van der Waals surface area contributed by atoms with Crippen LogP contribution in [0.15, 0.2) is 66.7 Å². The van der Waals surface area contributed by atoms with E-state index in [0.717, 1.165) is 52.9 Å². The molecule has 0 radical (unpaired) electrons. The molecule has 2 aromatic carbocycles. The maximum absolute atomic E-state index is 13.0. The second-order valence-electron chi connectivity index (χ2n) is 6.90. The molecule has 4 rings (SSSR count). The lowest BCUT2D eigenvalue weighted by molar-refractivity contribution is 0.0944. The third kappa shape index (κ3) is 4.11. The van der Waals surface area contributed by atoms with Gasteiger partial charge < -0.3 is 15.0 Å². The van der Waals surface area contributed by atoms with Gasteiger partial charge in [-0.25, -0.2) is 0 Å². The van der Waals surface area contributed by atoms with Gasteiger partial charge in [-0.15, -0.1) is 11.3 Å². The van der Waals surface area contributed by atoms with Gasteiger partial charge in [-0.3, -0.25) is 4.79 Å². The van der Waals surface area contributed by atoms with Crippen molar-refractivity contribution in [3.8, 4) is 11.1 Å². The molecule has 2 heterocycles. The van der Waals surface area contributed by atoms with Crippen molar-refractivity contribution in [3.05, 3.63) is 77.2 Å². The third-order valence-corrected chi connectivity index (χ3v) is 6.16. The Morgan fingerprint density at radius 1 is 1.04 bits per heavy atom. The fourth-order valence-corrected chi connectivity index (χ4v) is 4.55. The lowest BCUT2D eigenvalue weighted by Crippen LogP contribution is -2.35. The average Bonchev–Trinajstić information content (AvgIpc) is 3.21. The number of hydrogen-bond donors (Lipinski definition) is 1. The first-order chi connectivity index (χ1) is 13.7. The van der Waals surface area contributed by atoms with Crippen molar-refractivity contribution in [3.63, 3.8) is 0 Å². The maximum atomic E-state index is 13.0. The molecule has 1 aromatic heterocycles. The molecule has 0 unspecified atom stereocenters. The Labute approximate surface area is 169 Å². The van der Waals surface area contributed by atoms with Crippen molar-refractivity contribution in [2.45, 2.75) is 13.0 Å². The van der Waals surface area contributed by atoms with Gasteiger partial charge in [-0.05, 0) is 24.1 Å². The number of benzene rings is 2. The van der Waals surface area contributed by atoms with E-state index >= 15 is 0 Å². The smallest absolute Gasteiger partial charge is 0.261 e. The van der Waals surface area contributed by atoms with Gasteiger partial charge in [-0.2, -0.15) is 0 Å². The molecule has 0 aliphatic carbocycles. The zero-order valence-corrected chi connectivity index (χ0v) is 16.7. The van der Waals surface area contributed by atoms with Gasteiger partial charge in [0.15, 0.2) is 0 Å². The lowest BCUT2D eigenvalue weighted by Gasteiger charge is -2.28. The van der Waals surface area contributed by atoms with Crippen molar-refractivity contribution in [1.29, 1.82) is 0 Å². The van der Waals surface area contributed by atoms with Crippen LogP contribution in [0.4, 0.5) is 5.00 Å². The summed E-state index contributed by atoms with van der Waals surface area (Å²) in [5, 5.41) is 4.28. The summed E-state index contributed by atoms with van der Waals surface area (Å²) in [6.07, 6.45) is 0. The number of ether oxygens (including phenoxy) is 1. The highest BCUT2D eigenvalue weighted by Gasteiger charge is 2.22. The molecule has 0 saturated carbocycles. The Balaban J connectivity index is 1.62. The summed E-state index contributed by atoms with van der Waals surface area (Å²) in [4.78, 5) is 16.0. The summed E-state index contributed by atoms with van der Waals surface area (Å²) in [6, 6.07) is 22.3. The van der Waals surface area contributed by atoms with Gasteiger partial charge in [0.25, 0.3) is 5.91 Å². The Morgan fingerprint density at radius 2 is 1.68 bits per heavy atom. The maximum Gasteiger partial charge on any atom is 0.261 e. The van der Waals surface area contributed by atoms with Crippen LogP contribution in [0.25, 0.3) is 11.1 Å². The van der Waals surface area contributed by atoms with Gasteiger partial charge in [0.2, 0.25) is 0 Å². The minimum Gasteiger partial charge on any atom is -0.378 e. The number of nitrogens with zero attached hydrogens (tertiary/aromatic N) is 1. The summed E-state index contributed by atoms with van der Waals surface area (Å²) in [5.41, 5.74) is 3.35. The predicted octanol–water partition coefficient (Wildman–Crippen LogP) is 4.74. The van der Waals surface area contributed by atoms with Gasteiger partial charge >= 0.3 is 0 Å². The number of anilines is 1. The standard InChI is InChI=1S/C23H24N2O2S/c1-17(18-8-4-2-5-9-18)24-22(26)21-16-20(19-10-6-3-7-11-19)23(28-21)25-12-14-27-15-13-25/h2-11,16-17H,12-15H2,1H3,(H,24,26)/t17-/m1/s1. The zero-order valence-electron chi connectivity index (χ0n) is 15.9. The van der Waals surface area contributed by atoms with Crippen LogP contribution in [0.5, 0.6) is 0 Å². The molecule has 5 heteroatoms. The Bertz CT molecular complexity index is 918. The highest BCUT2D eigenvalue weighted by atomic mass is 32.1. The van der Waals surface area contributed by atoms with Gasteiger partial charge in [0.1, 0.15) is 0 Å². The number of amides is 1. The molecular formula is C23H24N2O2S. The van der Waals surface area contributed by atoms with E-state index in [2.05, 4.69) is 22.3 Å². The van der Waals surface area contributed by atoms with Crippen molar-refractivity contribution >= 4 is 22.2 Å². The summed E-state index contributed by atoms with van der Waals surface area (Å²) in [5.74, 6) is -0.0296. The number of hydrogen-bond acceptors (Lipinski definition) is 4. The first kappa shape index (κ1) is 18.7. The fourth-order valence-electron chi connectivity index (χ4n) is 3.41. The number of carbonyl (C=O) groups excluding carboxylic acids is 1. The lowest BCUT2D eigenvalue weighted by atomic mass is 10.1. The molecule has 28 heavy (non-hydrogen) atoms. The van der Waals surface area contributed by atoms with Gasteiger partial charge in [0, 0.05) is 18.7 Å². The Hall–Kier alpha value is -2.63. The van der Waals surface area contributed by atoms with Gasteiger partial charge in [0.05, 0.1) is 29.1 Å². The number of nitrogens with one attached hydrogen (secondary N) is 1. The average molecular weight is 393 g/mol. The minimum absolute atomic E-state index is 0.0296. The first-order valence-electron chi connectivity index (χ1n) is 9.60. The summed E-state index contributed by atoms with van der Waals surface area (Å²) >= 11 is 1.56. The molecular weight excluding hydrogens is 368 g/mol. The number of rotatable bonds is 5. The fraction of sp³-hybridized carbons (Fsp3) is 0.261. The predicted molar refractivity (Wildman–Crippen MR) is 115 cm³/mol. The number of carbonyl (C=O) groups is 1. The second-order valence-corrected chi connectivity index (χ2v) is 7.93. The van der Waals surface area contributed by atoms with Crippen molar-refractivity contribution in [1.82, 2.24) is 5.32 Å². The van der Waals surface area contributed by atoms with E-state index in [1.165, 1.54) is 0 Å². The summed E-state index contributed by atoms with van der Waals surface area (Å²) in [6.45, 7) is 5.16. The molecule has 1 atom stereocenters. The van der Waals surface area contributed by atoms with E-state index in [4.69, 9.17) is 4.74 Å². The molecule has 1 fully saturated rings. The molecule has 1 aliphatic rings. The molecule has 144 valence electrons. The Kier molecular flexibility index (Phi) is 5.74. The van der Waals surface area contributed by atoms with Crippen molar-refractivity contribution in [2.75, 3.05) is 31.2 Å². The summed E-state index contributed by atoms with van der Waals surface area (Å²) < 4.78 is 5.51. The Morgan fingerprint density at radius 3 is 2.36 bits per heavy atom. The first-order valence-corrected chi connectivity index (χ1v) is 10.4. The van der Waals surface area contributed by atoms with Crippen LogP contribution in [0, 0.1) is 0 Å². The molecule has 0 bridgehead atoms. The molecule has 1 N–H and O–H groups in total. The largest absolute Gasteiger partial charge is 0.378 e. The summed E-state index contributed by atoms with van der Waals surface area (Å²) in [7, 11) is 0. The molecule has 1 amide bonds. The normalized spacial score (nSPS) is 15.2. The monoisotopic (exact) mass is 392 g/mol. The SMILES string of the molecule is C[C@@H](NC(=O)c1cc(-c2ccccc2)c(N2CCOCC2)s1)c1ccccc1.